The molecule has 154 valence electrons. The zero-order chi connectivity index (χ0) is 21.3. The molecule has 4 nitrogen and oxygen atoms in total. The van der Waals surface area contributed by atoms with E-state index in [1.807, 2.05) is 80.6 Å². The van der Waals surface area contributed by atoms with Gasteiger partial charge in [0.25, 0.3) is 5.91 Å². The van der Waals surface area contributed by atoms with Gasteiger partial charge < -0.3 is 10.1 Å². The van der Waals surface area contributed by atoms with E-state index in [0.717, 1.165) is 21.7 Å². The van der Waals surface area contributed by atoms with Crippen LogP contribution in [-0.4, -0.2) is 17.6 Å². The van der Waals surface area contributed by atoms with Crippen molar-refractivity contribution in [2.24, 2.45) is 0 Å². The standard InChI is InChI=1S/C25H25NO3S/c1-18-13-14-19(2)22(17-18)26-25(28)24(20-9-5-3-6-10-20)29-23(27)15-16-30-21-11-7-4-8-12-21/h3-14,17,24H,15-16H2,1-2H3,(H,26,28)/t24-/m1/s1. The van der Waals surface area contributed by atoms with Gasteiger partial charge in [-0.25, -0.2) is 0 Å². The van der Waals surface area contributed by atoms with Crippen molar-refractivity contribution in [2.75, 3.05) is 11.1 Å². The normalized spacial score (nSPS) is 11.5. The summed E-state index contributed by atoms with van der Waals surface area (Å²) in [4.78, 5) is 26.6. The zero-order valence-corrected chi connectivity index (χ0v) is 17.9. The number of ether oxygens (including phenoxy) is 1. The summed E-state index contributed by atoms with van der Waals surface area (Å²) in [5.74, 6) is -0.175. The van der Waals surface area contributed by atoms with Crippen LogP contribution in [0.4, 0.5) is 5.69 Å². The molecule has 3 rings (SSSR count). The number of amides is 1. The molecule has 0 saturated carbocycles. The van der Waals surface area contributed by atoms with Crippen LogP contribution in [0.25, 0.3) is 0 Å². The Bertz CT molecular complexity index is 990. The molecule has 0 bridgehead atoms. The van der Waals surface area contributed by atoms with E-state index >= 15 is 0 Å². The van der Waals surface area contributed by atoms with Gasteiger partial charge >= 0.3 is 5.97 Å². The average Bonchev–Trinajstić information content (AvgIpc) is 2.76. The lowest BCUT2D eigenvalue weighted by molar-refractivity contribution is -0.154. The van der Waals surface area contributed by atoms with Crippen molar-refractivity contribution in [1.82, 2.24) is 0 Å². The van der Waals surface area contributed by atoms with Crippen molar-refractivity contribution >= 4 is 29.3 Å². The van der Waals surface area contributed by atoms with Crippen molar-refractivity contribution in [2.45, 2.75) is 31.3 Å². The number of carbonyl (C=O) groups is 2. The highest BCUT2D eigenvalue weighted by Gasteiger charge is 2.25. The number of anilines is 1. The Morgan fingerprint density at radius 2 is 1.60 bits per heavy atom. The number of esters is 1. The fraction of sp³-hybridized carbons (Fsp3) is 0.200. The lowest BCUT2D eigenvalue weighted by Gasteiger charge is -2.19. The van der Waals surface area contributed by atoms with E-state index in [9.17, 15) is 9.59 Å². The highest BCUT2D eigenvalue weighted by Crippen LogP contribution is 2.24. The Hall–Kier alpha value is -3.05. The molecule has 0 unspecified atom stereocenters. The number of benzene rings is 3. The summed E-state index contributed by atoms with van der Waals surface area (Å²) in [6.07, 6.45) is -0.778. The van der Waals surface area contributed by atoms with Crippen LogP contribution in [0.2, 0.25) is 0 Å². The Labute approximate surface area is 181 Å². The second kappa shape index (κ2) is 10.6. The van der Waals surface area contributed by atoms with E-state index < -0.39 is 12.1 Å². The number of rotatable bonds is 8. The average molecular weight is 420 g/mol. The Kier molecular flexibility index (Phi) is 7.69. The lowest BCUT2D eigenvalue weighted by atomic mass is 10.1. The molecular weight excluding hydrogens is 394 g/mol. The molecule has 1 amide bonds. The third-order valence-electron chi connectivity index (χ3n) is 4.56. The fourth-order valence-corrected chi connectivity index (χ4v) is 3.78. The van der Waals surface area contributed by atoms with Crippen LogP contribution in [0.5, 0.6) is 0 Å². The van der Waals surface area contributed by atoms with Gasteiger partial charge in [0.05, 0.1) is 6.42 Å². The molecule has 0 aliphatic heterocycles. The van der Waals surface area contributed by atoms with E-state index in [-0.39, 0.29) is 12.3 Å². The summed E-state index contributed by atoms with van der Waals surface area (Å²) >= 11 is 1.58. The highest BCUT2D eigenvalue weighted by molar-refractivity contribution is 7.99. The molecule has 5 heteroatoms. The molecule has 1 N–H and O–H groups in total. The minimum atomic E-state index is -1.000. The molecule has 0 spiro atoms. The molecule has 3 aromatic rings. The molecule has 30 heavy (non-hydrogen) atoms. The molecule has 0 fully saturated rings. The molecular formula is C25H25NO3S. The van der Waals surface area contributed by atoms with Gasteiger partial charge in [-0.15, -0.1) is 11.8 Å². The van der Waals surface area contributed by atoms with Crippen LogP contribution in [0.15, 0.2) is 83.8 Å². The van der Waals surface area contributed by atoms with Crippen molar-refractivity contribution in [3.05, 3.63) is 95.6 Å². The summed E-state index contributed by atoms with van der Waals surface area (Å²) in [5.41, 5.74) is 3.36. The smallest absolute Gasteiger partial charge is 0.307 e. The lowest BCUT2D eigenvalue weighted by Crippen LogP contribution is -2.26. The van der Waals surface area contributed by atoms with Crippen molar-refractivity contribution < 1.29 is 14.3 Å². The largest absolute Gasteiger partial charge is 0.447 e. The van der Waals surface area contributed by atoms with Gasteiger partial charge in [-0.2, -0.15) is 0 Å². The van der Waals surface area contributed by atoms with E-state index in [4.69, 9.17) is 4.74 Å². The van der Waals surface area contributed by atoms with Crippen LogP contribution in [0.1, 0.15) is 29.2 Å². The first-order valence-corrected chi connectivity index (χ1v) is 10.8. The second-order valence-corrected chi connectivity index (χ2v) is 8.17. The molecule has 0 aromatic heterocycles. The van der Waals surface area contributed by atoms with Crippen LogP contribution in [-0.2, 0) is 14.3 Å². The van der Waals surface area contributed by atoms with E-state index in [1.165, 1.54) is 0 Å². The zero-order valence-electron chi connectivity index (χ0n) is 17.1. The van der Waals surface area contributed by atoms with Crippen LogP contribution in [0, 0.1) is 13.8 Å². The molecule has 1 atom stereocenters. The SMILES string of the molecule is Cc1ccc(C)c(NC(=O)[C@H](OC(=O)CCSc2ccccc2)c2ccccc2)c1. The van der Waals surface area contributed by atoms with E-state index in [1.54, 1.807) is 23.9 Å². The molecule has 0 radical (unpaired) electrons. The number of thioether (sulfide) groups is 1. The first kappa shape index (κ1) is 21.7. The first-order chi connectivity index (χ1) is 14.5. The van der Waals surface area contributed by atoms with Gasteiger partial charge in [-0.3, -0.25) is 9.59 Å². The maximum Gasteiger partial charge on any atom is 0.307 e. The number of carbonyl (C=O) groups excluding carboxylic acids is 2. The molecule has 0 aliphatic rings. The maximum absolute atomic E-state index is 13.0. The van der Waals surface area contributed by atoms with E-state index in [2.05, 4.69) is 5.32 Å². The van der Waals surface area contributed by atoms with Gasteiger partial charge in [0, 0.05) is 21.9 Å². The number of hydrogen-bond acceptors (Lipinski definition) is 4. The monoisotopic (exact) mass is 419 g/mol. The van der Waals surface area contributed by atoms with Crippen LogP contribution in [0.3, 0.4) is 0 Å². The van der Waals surface area contributed by atoms with Gasteiger partial charge in [0.15, 0.2) is 0 Å². The highest BCUT2D eigenvalue weighted by atomic mass is 32.2. The van der Waals surface area contributed by atoms with Crippen molar-refractivity contribution in [3.8, 4) is 0 Å². The molecule has 0 aliphatic carbocycles. The molecule has 0 heterocycles. The summed E-state index contributed by atoms with van der Waals surface area (Å²) in [7, 11) is 0. The van der Waals surface area contributed by atoms with Crippen LogP contribution >= 0.6 is 11.8 Å². The van der Waals surface area contributed by atoms with Gasteiger partial charge in [-0.1, -0.05) is 60.7 Å². The number of nitrogens with one attached hydrogen (secondary N) is 1. The summed E-state index contributed by atoms with van der Waals surface area (Å²) in [6.45, 7) is 3.90. The second-order valence-electron chi connectivity index (χ2n) is 7.00. The third-order valence-corrected chi connectivity index (χ3v) is 5.57. The summed E-state index contributed by atoms with van der Waals surface area (Å²) < 4.78 is 5.61. The van der Waals surface area contributed by atoms with Crippen molar-refractivity contribution in [1.29, 1.82) is 0 Å². The van der Waals surface area contributed by atoms with E-state index in [0.29, 0.717) is 11.3 Å². The minimum Gasteiger partial charge on any atom is -0.447 e. The molecule has 3 aromatic carbocycles. The van der Waals surface area contributed by atoms with Gasteiger partial charge in [0.2, 0.25) is 6.10 Å². The topological polar surface area (TPSA) is 55.4 Å². The predicted molar refractivity (Wildman–Crippen MR) is 122 cm³/mol. The Morgan fingerprint density at radius 1 is 0.933 bits per heavy atom. The Balaban J connectivity index is 1.67. The van der Waals surface area contributed by atoms with Crippen molar-refractivity contribution in [3.63, 3.8) is 0 Å². The quantitative estimate of drug-likeness (QED) is 0.375. The predicted octanol–water partition coefficient (Wildman–Crippen LogP) is 5.71. The number of hydrogen-bond donors (Lipinski definition) is 1. The summed E-state index contributed by atoms with van der Waals surface area (Å²) in [6, 6.07) is 24.8. The minimum absolute atomic E-state index is 0.222. The van der Waals surface area contributed by atoms with Gasteiger partial charge in [-0.05, 0) is 43.2 Å². The number of aryl methyl sites for hydroxylation is 2. The fourth-order valence-electron chi connectivity index (χ4n) is 2.93. The molecule has 0 saturated heterocycles. The summed E-state index contributed by atoms with van der Waals surface area (Å²) in [5, 5.41) is 2.92. The Morgan fingerprint density at radius 3 is 2.30 bits per heavy atom. The third kappa shape index (κ3) is 6.22. The van der Waals surface area contributed by atoms with Gasteiger partial charge in [0.1, 0.15) is 0 Å². The van der Waals surface area contributed by atoms with Crippen LogP contribution < -0.4 is 5.32 Å². The first-order valence-electron chi connectivity index (χ1n) is 9.83. The maximum atomic E-state index is 13.0.